The summed E-state index contributed by atoms with van der Waals surface area (Å²) in [7, 11) is 0. The van der Waals surface area contributed by atoms with Gasteiger partial charge in [-0.15, -0.1) is 0 Å². The van der Waals surface area contributed by atoms with Gasteiger partial charge < -0.3 is 10.1 Å². The quantitative estimate of drug-likeness (QED) is 0.832. The number of esters is 1. The summed E-state index contributed by atoms with van der Waals surface area (Å²) in [6.45, 7) is 1.58. The number of rotatable bonds is 5. The summed E-state index contributed by atoms with van der Waals surface area (Å²) in [5, 5.41) is 3.52. The molecule has 2 aromatic rings. The number of hydrogen-bond donors (Lipinski definition) is 1. The van der Waals surface area contributed by atoms with Crippen LogP contribution < -0.4 is 5.32 Å². The summed E-state index contributed by atoms with van der Waals surface area (Å²) >= 11 is 11.8. The van der Waals surface area contributed by atoms with Crippen molar-refractivity contribution in [3.05, 3.63) is 69.7 Å². The molecule has 0 saturated carbocycles. The first-order chi connectivity index (χ1) is 11.0. The Balaban J connectivity index is 1.89. The van der Waals surface area contributed by atoms with Crippen molar-refractivity contribution in [2.45, 2.75) is 19.6 Å². The minimum absolute atomic E-state index is 0.0143. The summed E-state index contributed by atoms with van der Waals surface area (Å²) in [5.41, 5.74) is 1.12. The number of carbonyl (C=O) groups excluding carboxylic acids is 2. The molecule has 0 heterocycles. The van der Waals surface area contributed by atoms with Crippen LogP contribution >= 0.6 is 23.2 Å². The van der Waals surface area contributed by atoms with Gasteiger partial charge in [0.05, 0.1) is 0 Å². The Labute approximate surface area is 144 Å². The fourth-order valence-corrected chi connectivity index (χ4v) is 2.30. The summed E-state index contributed by atoms with van der Waals surface area (Å²) in [5.74, 6) is -0.875. The number of benzene rings is 2. The largest absolute Gasteiger partial charge is 0.459 e. The third kappa shape index (κ3) is 4.98. The molecule has 23 heavy (non-hydrogen) atoms. The second-order valence-corrected chi connectivity index (χ2v) is 5.75. The Kier molecular flexibility index (Phi) is 6.02. The molecule has 0 spiro atoms. The summed E-state index contributed by atoms with van der Waals surface area (Å²) in [6, 6.07) is 12.8. The second kappa shape index (κ2) is 7.99. The smallest absolute Gasteiger partial charge is 0.328 e. The molecule has 0 aromatic heterocycles. The standard InChI is InChI=1S/C17H15Cl2NO3/c1-11(20-16(21)12-5-3-2-4-6-12)17(22)23-10-13-7-8-14(18)9-15(13)19/h2-9,11H,10H2,1H3,(H,20,21)/t11-/m0/s1. The molecule has 2 aromatic carbocycles. The van der Waals surface area contributed by atoms with Gasteiger partial charge >= 0.3 is 5.97 Å². The second-order valence-electron chi connectivity index (χ2n) is 4.90. The minimum Gasteiger partial charge on any atom is -0.459 e. The van der Waals surface area contributed by atoms with Gasteiger partial charge in [-0.3, -0.25) is 4.79 Å². The molecule has 0 aliphatic heterocycles. The number of amides is 1. The van der Waals surface area contributed by atoms with Crippen LogP contribution in [0.25, 0.3) is 0 Å². The van der Waals surface area contributed by atoms with Crippen LogP contribution in [0.15, 0.2) is 48.5 Å². The molecule has 1 atom stereocenters. The molecule has 4 nitrogen and oxygen atoms in total. The van der Waals surface area contributed by atoms with Crippen LogP contribution in [-0.2, 0) is 16.1 Å². The zero-order valence-corrected chi connectivity index (χ0v) is 13.9. The van der Waals surface area contributed by atoms with Crippen LogP contribution in [0.5, 0.6) is 0 Å². The van der Waals surface area contributed by atoms with Crippen LogP contribution in [0.4, 0.5) is 0 Å². The molecule has 0 fully saturated rings. The lowest BCUT2D eigenvalue weighted by molar-refractivity contribution is -0.146. The number of carbonyl (C=O) groups is 2. The number of hydrogen-bond acceptors (Lipinski definition) is 3. The van der Waals surface area contributed by atoms with Crippen molar-refractivity contribution in [3.63, 3.8) is 0 Å². The predicted molar refractivity (Wildman–Crippen MR) is 89.6 cm³/mol. The van der Waals surface area contributed by atoms with Crippen LogP contribution in [-0.4, -0.2) is 17.9 Å². The van der Waals surface area contributed by atoms with E-state index in [4.69, 9.17) is 27.9 Å². The van der Waals surface area contributed by atoms with E-state index in [1.54, 1.807) is 49.4 Å². The highest BCUT2D eigenvalue weighted by atomic mass is 35.5. The van der Waals surface area contributed by atoms with Crippen molar-refractivity contribution < 1.29 is 14.3 Å². The summed E-state index contributed by atoms with van der Waals surface area (Å²) in [6.07, 6.45) is 0. The van der Waals surface area contributed by atoms with E-state index in [-0.39, 0.29) is 12.5 Å². The first-order valence-corrected chi connectivity index (χ1v) is 7.69. The molecule has 0 radical (unpaired) electrons. The summed E-state index contributed by atoms with van der Waals surface area (Å²) in [4.78, 5) is 23.9. The van der Waals surface area contributed by atoms with Crippen molar-refractivity contribution in [1.82, 2.24) is 5.32 Å². The maximum Gasteiger partial charge on any atom is 0.328 e. The van der Waals surface area contributed by atoms with Gasteiger partial charge in [-0.2, -0.15) is 0 Å². The molecule has 0 aliphatic carbocycles. The number of nitrogens with one attached hydrogen (secondary N) is 1. The Morgan fingerprint density at radius 2 is 1.83 bits per heavy atom. The van der Waals surface area contributed by atoms with Gasteiger partial charge in [0.2, 0.25) is 0 Å². The molecule has 0 aliphatic rings. The molecule has 2 rings (SSSR count). The van der Waals surface area contributed by atoms with E-state index >= 15 is 0 Å². The molecule has 120 valence electrons. The average Bonchev–Trinajstić information content (AvgIpc) is 2.54. The number of halogens is 2. The molecule has 1 amide bonds. The normalized spacial score (nSPS) is 11.6. The molecule has 1 N–H and O–H groups in total. The first-order valence-electron chi connectivity index (χ1n) is 6.94. The fraction of sp³-hybridized carbons (Fsp3) is 0.176. The topological polar surface area (TPSA) is 55.4 Å². The molecular weight excluding hydrogens is 337 g/mol. The van der Waals surface area contributed by atoms with Crippen molar-refractivity contribution in [3.8, 4) is 0 Å². The van der Waals surface area contributed by atoms with Crippen molar-refractivity contribution in [1.29, 1.82) is 0 Å². The van der Waals surface area contributed by atoms with E-state index in [9.17, 15) is 9.59 Å². The molecule has 0 bridgehead atoms. The van der Waals surface area contributed by atoms with Gasteiger partial charge in [0.25, 0.3) is 5.91 Å². The van der Waals surface area contributed by atoms with Gasteiger partial charge in [0, 0.05) is 21.2 Å². The Bertz CT molecular complexity index is 704. The van der Waals surface area contributed by atoms with Crippen molar-refractivity contribution in [2.75, 3.05) is 0 Å². The maximum absolute atomic E-state index is 12.0. The molecule has 0 saturated heterocycles. The third-order valence-corrected chi connectivity index (χ3v) is 3.71. The van der Waals surface area contributed by atoms with Crippen LogP contribution in [0.3, 0.4) is 0 Å². The van der Waals surface area contributed by atoms with E-state index in [1.165, 1.54) is 0 Å². The molecule has 6 heteroatoms. The average molecular weight is 352 g/mol. The van der Waals surface area contributed by atoms with E-state index in [0.29, 0.717) is 21.2 Å². The van der Waals surface area contributed by atoms with Crippen molar-refractivity contribution >= 4 is 35.1 Å². The van der Waals surface area contributed by atoms with Gasteiger partial charge in [-0.1, -0.05) is 47.5 Å². The van der Waals surface area contributed by atoms with E-state index in [2.05, 4.69) is 5.32 Å². The minimum atomic E-state index is -0.770. The SMILES string of the molecule is C[C@H](NC(=O)c1ccccc1)C(=O)OCc1ccc(Cl)cc1Cl. The van der Waals surface area contributed by atoms with Gasteiger partial charge in [0.1, 0.15) is 12.6 Å². The van der Waals surface area contributed by atoms with Crippen LogP contribution in [0.1, 0.15) is 22.8 Å². The van der Waals surface area contributed by atoms with Gasteiger partial charge in [0.15, 0.2) is 0 Å². The third-order valence-electron chi connectivity index (χ3n) is 3.12. The Morgan fingerprint density at radius 1 is 1.13 bits per heavy atom. The lowest BCUT2D eigenvalue weighted by Crippen LogP contribution is -2.39. The first kappa shape index (κ1) is 17.3. The maximum atomic E-state index is 12.0. The van der Waals surface area contributed by atoms with Crippen LogP contribution in [0, 0.1) is 0 Å². The fourth-order valence-electron chi connectivity index (χ4n) is 1.84. The van der Waals surface area contributed by atoms with Crippen molar-refractivity contribution in [2.24, 2.45) is 0 Å². The lowest BCUT2D eigenvalue weighted by atomic mass is 10.2. The van der Waals surface area contributed by atoms with Crippen LogP contribution in [0.2, 0.25) is 10.0 Å². The van der Waals surface area contributed by atoms with Gasteiger partial charge in [-0.05, 0) is 31.2 Å². The van der Waals surface area contributed by atoms with E-state index in [1.807, 2.05) is 6.07 Å². The summed E-state index contributed by atoms with van der Waals surface area (Å²) < 4.78 is 5.17. The zero-order valence-electron chi connectivity index (χ0n) is 12.4. The Hall–Kier alpha value is -2.04. The highest BCUT2D eigenvalue weighted by molar-refractivity contribution is 6.35. The highest BCUT2D eigenvalue weighted by Gasteiger charge is 2.18. The molecular formula is C17H15Cl2NO3. The highest BCUT2D eigenvalue weighted by Crippen LogP contribution is 2.21. The molecule has 0 unspecified atom stereocenters. The Morgan fingerprint density at radius 3 is 2.48 bits per heavy atom. The predicted octanol–water partition coefficient (Wildman–Crippen LogP) is 3.86. The van der Waals surface area contributed by atoms with Gasteiger partial charge in [-0.25, -0.2) is 4.79 Å². The van der Waals surface area contributed by atoms with E-state index in [0.717, 1.165) is 0 Å². The van der Waals surface area contributed by atoms with E-state index < -0.39 is 12.0 Å². The zero-order chi connectivity index (χ0) is 16.8. The number of ether oxygens (including phenoxy) is 1. The monoisotopic (exact) mass is 351 g/mol. The lowest BCUT2D eigenvalue weighted by Gasteiger charge is -2.14.